The summed E-state index contributed by atoms with van der Waals surface area (Å²) in [6.45, 7) is 1.48. The highest BCUT2D eigenvalue weighted by atomic mass is 16.5. The third-order valence-corrected chi connectivity index (χ3v) is 4.38. The van der Waals surface area contributed by atoms with Gasteiger partial charge < -0.3 is 15.2 Å². The molecule has 29 heavy (non-hydrogen) atoms. The Balaban J connectivity index is 1.97. The van der Waals surface area contributed by atoms with Gasteiger partial charge in [0.05, 0.1) is 18.3 Å². The van der Waals surface area contributed by atoms with E-state index in [2.05, 4.69) is 0 Å². The molecule has 0 saturated carbocycles. The number of benzene rings is 2. The highest BCUT2D eigenvalue weighted by Crippen LogP contribution is 2.35. The van der Waals surface area contributed by atoms with E-state index < -0.39 is 11.9 Å². The Hall–Kier alpha value is -3.87. The molecule has 0 unspecified atom stereocenters. The van der Waals surface area contributed by atoms with Crippen molar-refractivity contribution in [2.45, 2.75) is 6.92 Å². The van der Waals surface area contributed by atoms with Gasteiger partial charge in [0.1, 0.15) is 5.75 Å². The molecule has 1 heterocycles. The third kappa shape index (κ3) is 4.19. The average molecular weight is 392 g/mol. The van der Waals surface area contributed by atoms with Crippen molar-refractivity contribution < 1.29 is 23.9 Å². The fourth-order valence-corrected chi connectivity index (χ4v) is 3.05. The number of hydrogen-bond donors (Lipinski definition) is 1. The highest BCUT2D eigenvalue weighted by molar-refractivity contribution is 6.23. The molecular formula is C22H20N2O5. The van der Waals surface area contributed by atoms with Gasteiger partial charge in [0.2, 0.25) is 0 Å². The number of amides is 2. The monoisotopic (exact) mass is 392 g/mol. The number of carbonyl (C=O) groups is 3. The lowest BCUT2D eigenvalue weighted by Crippen LogP contribution is -2.24. The molecule has 2 N–H and O–H groups in total. The van der Waals surface area contributed by atoms with E-state index in [4.69, 9.17) is 15.2 Å². The SMILES string of the molecule is COC(=O)C1=C(C)N(c2ccccc2)C(=O)/C1=C\c1ccc(OCC(N)=O)cc1. The predicted molar refractivity (Wildman–Crippen MR) is 108 cm³/mol. The summed E-state index contributed by atoms with van der Waals surface area (Å²) < 4.78 is 10.1. The van der Waals surface area contributed by atoms with Crippen LogP contribution in [0.5, 0.6) is 5.75 Å². The van der Waals surface area contributed by atoms with Crippen molar-refractivity contribution in [3.8, 4) is 5.75 Å². The molecule has 0 radical (unpaired) electrons. The van der Waals surface area contributed by atoms with Crippen molar-refractivity contribution in [3.05, 3.63) is 77.0 Å². The maximum atomic E-state index is 13.1. The summed E-state index contributed by atoms with van der Waals surface area (Å²) in [7, 11) is 1.28. The highest BCUT2D eigenvalue weighted by Gasteiger charge is 2.37. The standard InChI is InChI=1S/C22H20N2O5/c1-14-20(22(27)28-2)18(21(26)24(14)16-6-4-3-5-7-16)12-15-8-10-17(11-9-15)29-13-19(23)25/h3-12H,13H2,1-2H3,(H2,23,25)/b18-12-. The van der Waals surface area contributed by atoms with Gasteiger partial charge in [-0.1, -0.05) is 30.3 Å². The van der Waals surface area contributed by atoms with Crippen LogP contribution in [0, 0.1) is 0 Å². The Morgan fingerprint density at radius 1 is 1.07 bits per heavy atom. The van der Waals surface area contributed by atoms with Crippen molar-refractivity contribution >= 4 is 29.5 Å². The summed E-state index contributed by atoms with van der Waals surface area (Å²) in [5.41, 5.74) is 7.37. The molecular weight excluding hydrogens is 372 g/mol. The van der Waals surface area contributed by atoms with Gasteiger partial charge in [-0.05, 0) is 42.8 Å². The number of primary amides is 1. The average Bonchev–Trinajstić information content (AvgIpc) is 2.97. The van der Waals surface area contributed by atoms with E-state index in [0.29, 0.717) is 22.7 Å². The Bertz CT molecular complexity index is 1010. The molecule has 0 bridgehead atoms. The molecule has 148 valence electrons. The minimum Gasteiger partial charge on any atom is -0.484 e. The molecule has 0 aliphatic carbocycles. The number of ether oxygens (including phenoxy) is 2. The zero-order valence-corrected chi connectivity index (χ0v) is 16.0. The summed E-state index contributed by atoms with van der Waals surface area (Å²) >= 11 is 0. The van der Waals surface area contributed by atoms with Crippen LogP contribution in [0.15, 0.2) is 71.4 Å². The molecule has 2 amide bonds. The van der Waals surface area contributed by atoms with Gasteiger partial charge in [-0.2, -0.15) is 0 Å². The Kier molecular flexibility index (Phi) is 5.78. The van der Waals surface area contributed by atoms with E-state index in [-0.39, 0.29) is 23.7 Å². The number of nitrogens with two attached hydrogens (primary N) is 1. The Morgan fingerprint density at radius 2 is 1.72 bits per heavy atom. The maximum absolute atomic E-state index is 13.1. The molecule has 0 saturated heterocycles. The van der Waals surface area contributed by atoms with Crippen LogP contribution < -0.4 is 15.4 Å². The van der Waals surface area contributed by atoms with E-state index in [1.54, 1.807) is 49.4 Å². The summed E-state index contributed by atoms with van der Waals surface area (Å²) in [4.78, 5) is 37.8. The molecule has 7 nitrogen and oxygen atoms in total. The number of carbonyl (C=O) groups excluding carboxylic acids is 3. The first-order chi connectivity index (χ1) is 13.9. The molecule has 0 spiro atoms. The quantitative estimate of drug-likeness (QED) is 0.601. The molecule has 0 atom stereocenters. The lowest BCUT2D eigenvalue weighted by atomic mass is 10.0. The molecule has 3 rings (SSSR count). The summed E-state index contributed by atoms with van der Waals surface area (Å²) in [5, 5.41) is 0. The van der Waals surface area contributed by atoms with Crippen LogP contribution in [-0.2, 0) is 19.1 Å². The van der Waals surface area contributed by atoms with Gasteiger partial charge >= 0.3 is 5.97 Å². The molecule has 1 aliphatic rings. The second kappa shape index (κ2) is 8.43. The van der Waals surface area contributed by atoms with Gasteiger partial charge in [-0.3, -0.25) is 14.5 Å². The van der Waals surface area contributed by atoms with Crippen LogP contribution in [0.1, 0.15) is 12.5 Å². The van der Waals surface area contributed by atoms with Crippen LogP contribution in [-0.4, -0.2) is 31.5 Å². The molecule has 7 heteroatoms. The number of para-hydroxylation sites is 1. The van der Waals surface area contributed by atoms with Crippen LogP contribution in [0.25, 0.3) is 6.08 Å². The largest absolute Gasteiger partial charge is 0.484 e. The zero-order chi connectivity index (χ0) is 21.0. The fourth-order valence-electron chi connectivity index (χ4n) is 3.05. The first-order valence-corrected chi connectivity index (χ1v) is 8.84. The molecule has 0 fully saturated rings. The Morgan fingerprint density at radius 3 is 2.31 bits per heavy atom. The summed E-state index contributed by atoms with van der Waals surface area (Å²) in [6, 6.07) is 15.8. The molecule has 2 aromatic rings. The van der Waals surface area contributed by atoms with Gasteiger partial charge in [0.25, 0.3) is 11.8 Å². The van der Waals surface area contributed by atoms with E-state index in [1.807, 2.05) is 18.2 Å². The Labute approximate surface area is 168 Å². The zero-order valence-electron chi connectivity index (χ0n) is 16.0. The van der Waals surface area contributed by atoms with Gasteiger partial charge in [-0.25, -0.2) is 4.79 Å². The van der Waals surface area contributed by atoms with Crippen molar-refractivity contribution in [3.63, 3.8) is 0 Å². The molecule has 0 aromatic heterocycles. The number of methoxy groups -OCH3 is 1. The van der Waals surface area contributed by atoms with Crippen molar-refractivity contribution in [1.82, 2.24) is 0 Å². The molecule has 2 aromatic carbocycles. The second-order valence-electron chi connectivity index (χ2n) is 6.31. The minimum absolute atomic E-state index is 0.218. The van der Waals surface area contributed by atoms with Gasteiger partial charge in [0.15, 0.2) is 6.61 Å². The number of rotatable bonds is 6. The van der Waals surface area contributed by atoms with E-state index in [9.17, 15) is 14.4 Å². The lowest BCUT2D eigenvalue weighted by Gasteiger charge is -2.17. The number of nitrogens with zero attached hydrogens (tertiary/aromatic N) is 1. The predicted octanol–water partition coefficient (Wildman–Crippen LogP) is 2.43. The number of anilines is 1. The first kappa shape index (κ1) is 19.9. The third-order valence-electron chi connectivity index (χ3n) is 4.38. The number of allylic oxidation sites excluding steroid dienone is 1. The summed E-state index contributed by atoms with van der Waals surface area (Å²) in [6.07, 6.45) is 1.62. The normalized spacial score (nSPS) is 15.0. The van der Waals surface area contributed by atoms with E-state index in [0.717, 1.165) is 0 Å². The van der Waals surface area contributed by atoms with E-state index >= 15 is 0 Å². The number of hydrogen-bond acceptors (Lipinski definition) is 5. The topological polar surface area (TPSA) is 98.9 Å². The minimum atomic E-state index is -0.582. The van der Waals surface area contributed by atoms with Crippen LogP contribution >= 0.6 is 0 Å². The van der Waals surface area contributed by atoms with Crippen LogP contribution in [0.4, 0.5) is 5.69 Å². The van der Waals surface area contributed by atoms with Crippen LogP contribution in [0.3, 0.4) is 0 Å². The van der Waals surface area contributed by atoms with Crippen molar-refractivity contribution in [2.24, 2.45) is 5.73 Å². The smallest absolute Gasteiger partial charge is 0.340 e. The van der Waals surface area contributed by atoms with Crippen molar-refractivity contribution in [1.29, 1.82) is 0 Å². The van der Waals surface area contributed by atoms with E-state index in [1.165, 1.54) is 12.0 Å². The number of esters is 1. The first-order valence-electron chi connectivity index (χ1n) is 8.84. The maximum Gasteiger partial charge on any atom is 0.340 e. The fraction of sp³-hybridized carbons (Fsp3) is 0.136. The molecule has 1 aliphatic heterocycles. The second-order valence-corrected chi connectivity index (χ2v) is 6.31. The van der Waals surface area contributed by atoms with Gasteiger partial charge in [-0.15, -0.1) is 0 Å². The lowest BCUT2D eigenvalue weighted by molar-refractivity contribution is -0.136. The summed E-state index contributed by atoms with van der Waals surface area (Å²) in [5.74, 6) is -1.00. The van der Waals surface area contributed by atoms with Crippen molar-refractivity contribution in [2.75, 3.05) is 18.6 Å². The van der Waals surface area contributed by atoms with Crippen LogP contribution in [0.2, 0.25) is 0 Å². The van der Waals surface area contributed by atoms with Gasteiger partial charge in [0, 0.05) is 11.4 Å².